The number of benzene rings is 3. The van der Waals surface area contributed by atoms with Crippen LogP contribution in [0.25, 0.3) is 0 Å². The van der Waals surface area contributed by atoms with Crippen molar-refractivity contribution >= 4 is 23.4 Å². The number of rotatable bonds is 7. The molecular weight excluding hydrogens is 394 g/mol. The van der Waals surface area contributed by atoms with Crippen molar-refractivity contribution < 1.29 is 13.9 Å². The first-order valence-corrected chi connectivity index (χ1v) is 10.4. The SMILES string of the molecule is Cc1cccc(OCc2ccc(C(=O)Nc3ccccc3Sc3ccccc3)o2)c1. The summed E-state index contributed by atoms with van der Waals surface area (Å²) < 4.78 is 11.4. The monoisotopic (exact) mass is 415 g/mol. The van der Waals surface area contributed by atoms with Crippen LogP contribution in [0.5, 0.6) is 5.75 Å². The van der Waals surface area contributed by atoms with E-state index in [1.807, 2.05) is 85.8 Å². The third-order valence-corrected chi connectivity index (χ3v) is 5.45. The molecule has 4 aromatic rings. The first kappa shape index (κ1) is 19.9. The van der Waals surface area contributed by atoms with Crippen molar-refractivity contribution in [2.75, 3.05) is 5.32 Å². The van der Waals surface area contributed by atoms with Crippen LogP contribution in [0.2, 0.25) is 0 Å². The summed E-state index contributed by atoms with van der Waals surface area (Å²) in [6.45, 7) is 2.27. The second kappa shape index (κ2) is 9.37. The van der Waals surface area contributed by atoms with Gasteiger partial charge >= 0.3 is 0 Å². The molecule has 0 aliphatic rings. The summed E-state index contributed by atoms with van der Waals surface area (Å²) in [4.78, 5) is 14.8. The van der Waals surface area contributed by atoms with E-state index < -0.39 is 0 Å². The molecule has 5 heteroatoms. The van der Waals surface area contributed by atoms with Gasteiger partial charge in [-0.25, -0.2) is 0 Å². The number of amides is 1. The van der Waals surface area contributed by atoms with Gasteiger partial charge in [-0.15, -0.1) is 0 Å². The molecule has 0 aliphatic heterocycles. The lowest BCUT2D eigenvalue weighted by Gasteiger charge is -2.10. The number of hydrogen-bond donors (Lipinski definition) is 1. The third kappa shape index (κ3) is 5.13. The minimum atomic E-state index is -0.294. The van der Waals surface area contributed by atoms with Gasteiger partial charge < -0.3 is 14.5 Å². The Labute approximate surface area is 179 Å². The molecule has 0 spiro atoms. The largest absolute Gasteiger partial charge is 0.486 e. The van der Waals surface area contributed by atoms with Crippen LogP contribution in [0.15, 0.2) is 105 Å². The van der Waals surface area contributed by atoms with E-state index in [1.54, 1.807) is 23.9 Å². The molecule has 0 saturated heterocycles. The molecule has 1 N–H and O–H groups in total. The first-order valence-electron chi connectivity index (χ1n) is 9.59. The predicted octanol–water partition coefficient (Wildman–Crippen LogP) is 6.57. The molecule has 1 aromatic heterocycles. The number of carbonyl (C=O) groups is 1. The number of ether oxygens (including phenoxy) is 1. The molecule has 4 rings (SSSR count). The fraction of sp³-hybridized carbons (Fsp3) is 0.0800. The zero-order chi connectivity index (χ0) is 20.8. The summed E-state index contributed by atoms with van der Waals surface area (Å²) in [5.41, 5.74) is 1.87. The number of furan rings is 1. The molecule has 150 valence electrons. The van der Waals surface area contributed by atoms with Gasteiger partial charge in [0.1, 0.15) is 18.1 Å². The Hall–Kier alpha value is -3.44. The molecule has 0 bridgehead atoms. The standard InChI is InChI=1S/C25H21NO3S/c1-18-8-7-9-19(16-18)28-17-20-14-15-23(29-20)25(27)26-22-12-5-6-13-24(22)30-21-10-3-2-4-11-21/h2-16H,17H2,1H3,(H,26,27). The average molecular weight is 416 g/mol. The van der Waals surface area contributed by atoms with Crippen molar-refractivity contribution in [3.8, 4) is 5.75 Å². The number of para-hydroxylation sites is 1. The quantitative estimate of drug-likeness (QED) is 0.371. The molecule has 1 amide bonds. The van der Waals surface area contributed by atoms with E-state index in [-0.39, 0.29) is 18.3 Å². The highest BCUT2D eigenvalue weighted by molar-refractivity contribution is 7.99. The lowest BCUT2D eigenvalue weighted by molar-refractivity contribution is 0.0992. The number of hydrogen-bond acceptors (Lipinski definition) is 4. The van der Waals surface area contributed by atoms with Crippen LogP contribution in [0.1, 0.15) is 21.9 Å². The highest BCUT2D eigenvalue weighted by Crippen LogP contribution is 2.33. The summed E-state index contributed by atoms with van der Waals surface area (Å²) in [5.74, 6) is 1.31. The van der Waals surface area contributed by atoms with Crippen molar-refractivity contribution in [3.05, 3.63) is 108 Å². The molecule has 0 fully saturated rings. The summed E-state index contributed by atoms with van der Waals surface area (Å²) in [7, 11) is 0. The van der Waals surface area contributed by atoms with E-state index in [9.17, 15) is 4.79 Å². The van der Waals surface area contributed by atoms with Gasteiger partial charge in [0.05, 0.1) is 5.69 Å². The Balaban J connectivity index is 1.41. The second-order valence-electron chi connectivity index (χ2n) is 6.74. The fourth-order valence-corrected chi connectivity index (χ4v) is 3.82. The van der Waals surface area contributed by atoms with Gasteiger partial charge in [0.15, 0.2) is 5.76 Å². The topological polar surface area (TPSA) is 51.5 Å². The van der Waals surface area contributed by atoms with Gasteiger partial charge in [-0.2, -0.15) is 0 Å². The molecule has 3 aromatic carbocycles. The predicted molar refractivity (Wildman–Crippen MR) is 119 cm³/mol. The van der Waals surface area contributed by atoms with Gasteiger partial charge in [-0.1, -0.05) is 54.2 Å². The molecule has 0 atom stereocenters. The van der Waals surface area contributed by atoms with E-state index in [2.05, 4.69) is 5.32 Å². The maximum absolute atomic E-state index is 12.7. The highest BCUT2D eigenvalue weighted by Gasteiger charge is 2.14. The lowest BCUT2D eigenvalue weighted by atomic mass is 10.2. The van der Waals surface area contributed by atoms with Crippen LogP contribution in [0.3, 0.4) is 0 Å². The minimum absolute atomic E-state index is 0.248. The van der Waals surface area contributed by atoms with E-state index in [0.717, 1.165) is 26.8 Å². The lowest BCUT2D eigenvalue weighted by Crippen LogP contribution is -2.11. The van der Waals surface area contributed by atoms with Crippen LogP contribution in [0.4, 0.5) is 5.69 Å². The van der Waals surface area contributed by atoms with Gasteiger partial charge in [-0.05, 0) is 61.0 Å². The van der Waals surface area contributed by atoms with Gasteiger partial charge in [0.2, 0.25) is 0 Å². The van der Waals surface area contributed by atoms with Crippen molar-refractivity contribution in [2.24, 2.45) is 0 Å². The van der Waals surface area contributed by atoms with Crippen LogP contribution in [0, 0.1) is 6.92 Å². The normalized spacial score (nSPS) is 10.6. The second-order valence-corrected chi connectivity index (χ2v) is 7.85. The average Bonchev–Trinajstić information content (AvgIpc) is 3.24. The Morgan fingerprint density at radius 3 is 2.57 bits per heavy atom. The van der Waals surface area contributed by atoms with Crippen molar-refractivity contribution in [1.82, 2.24) is 0 Å². The zero-order valence-electron chi connectivity index (χ0n) is 16.5. The van der Waals surface area contributed by atoms with Crippen LogP contribution >= 0.6 is 11.8 Å². The molecule has 0 aliphatic carbocycles. The molecule has 1 heterocycles. The summed E-state index contributed by atoms with van der Waals surface area (Å²) in [6, 6.07) is 29.0. The molecule has 30 heavy (non-hydrogen) atoms. The smallest absolute Gasteiger partial charge is 0.291 e. The van der Waals surface area contributed by atoms with Crippen LogP contribution in [-0.2, 0) is 6.61 Å². The first-order chi connectivity index (χ1) is 14.7. The van der Waals surface area contributed by atoms with Gasteiger partial charge in [-0.3, -0.25) is 4.79 Å². The number of nitrogens with one attached hydrogen (secondary N) is 1. The maximum atomic E-state index is 12.7. The molecule has 0 unspecified atom stereocenters. The molecule has 0 saturated carbocycles. The summed E-state index contributed by atoms with van der Waals surface area (Å²) >= 11 is 1.60. The summed E-state index contributed by atoms with van der Waals surface area (Å²) in [5, 5.41) is 2.95. The fourth-order valence-electron chi connectivity index (χ4n) is 2.90. The van der Waals surface area contributed by atoms with E-state index in [1.165, 1.54) is 0 Å². The van der Waals surface area contributed by atoms with Crippen molar-refractivity contribution in [3.63, 3.8) is 0 Å². The Morgan fingerprint density at radius 2 is 1.73 bits per heavy atom. The Morgan fingerprint density at radius 1 is 0.933 bits per heavy atom. The highest BCUT2D eigenvalue weighted by atomic mass is 32.2. The minimum Gasteiger partial charge on any atom is -0.486 e. The van der Waals surface area contributed by atoms with E-state index >= 15 is 0 Å². The molecule has 4 nitrogen and oxygen atoms in total. The van der Waals surface area contributed by atoms with Gasteiger partial charge in [0, 0.05) is 9.79 Å². The molecular formula is C25H21NO3S. The van der Waals surface area contributed by atoms with Crippen LogP contribution in [-0.4, -0.2) is 5.91 Å². The Kier molecular flexibility index (Phi) is 6.20. The third-order valence-electron chi connectivity index (χ3n) is 4.36. The van der Waals surface area contributed by atoms with Crippen molar-refractivity contribution in [2.45, 2.75) is 23.3 Å². The number of carbonyl (C=O) groups excluding carboxylic acids is 1. The van der Waals surface area contributed by atoms with Crippen molar-refractivity contribution in [1.29, 1.82) is 0 Å². The zero-order valence-corrected chi connectivity index (χ0v) is 17.3. The van der Waals surface area contributed by atoms with E-state index in [0.29, 0.717) is 5.76 Å². The number of aryl methyl sites for hydroxylation is 1. The van der Waals surface area contributed by atoms with Gasteiger partial charge in [0.25, 0.3) is 5.91 Å². The summed E-state index contributed by atoms with van der Waals surface area (Å²) in [6.07, 6.45) is 0. The number of anilines is 1. The molecule has 0 radical (unpaired) electrons. The van der Waals surface area contributed by atoms with Crippen LogP contribution < -0.4 is 10.1 Å². The maximum Gasteiger partial charge on any atom is 0.291 e. The Bertz CT molecular complexity index is 1140. The van der Waals surface area contributed by atoms with E-state index in [4.69, 9.17) is 9.15 Å².